The second-order valence-electron chi connectivity index (χ2n) is 6.54. The van der Waals surface area contributed by atoms with Crippen LogP contribution in [0.1, 0.15) is 37.9 Å². The van der Waals surface area contributed by atoms with Crippen LogP contribution in [0.5, 0.6) is 5.75 Å². The topological polar surface area (TPSA) is 58.6 Å². The van der Waals surface area contributed by atoms with Gasteiger partial charge in [0, 0.05) is 28.8 Å². The highest BCUT2D eigenvalue weighted by Crippen LogP contribution is 2.39. The molecule has 2 amide bonds. The van der Waals surface area contributed by atoms with E-state index >= 15 is 0 Å². The second kappa shape index (κ2) is 7.38. The quantitative estimate of drug-likeness (QED) is 0.867. The number of para-hydroxylation sites is 1. The molecular weight excluding hydrogens is 352 g/mol. The van der Waals surface area contributed by atoms with Gasteiger partial charge < -0.3 is 15.0 Å². The summed E-state index contributed by atoms with van der Waals surface area (Å²) in [5.41, 5.74) is 2.36. The first-order valence-electron chi connectivity index (χ1n) is 8.49. The van der Waals surface area contributed by atoms with E-state index in [1.807, 2.05) is 44.2 Å². The third kappa shape index (κ3) is 3.68. The van der Waals surface area contributed by atoms with Gasteiger partial charge in [0.25, 0.3) is 5.91 Å². The fourth-order valence-electron chi connectivity index (χ4n) is 3.09. The minimum atomic E-state index is -0.723. The van der Waals surface area contributed by atoms with E-state index in [4.69, 9.17) is 16.3 Å². The maximum atomic E-state index is 13.0. The molecule has 0 saturated heterocycles. The molecule has 2 aromatic carbocycles. The number of fused-ring (bicyclic) bond motifs is 1. The van der Waals surface area contributed by atoms with Crippen molar-refractivity contribution < 1.29 is 14.3 Å². The molecule has 1 N–H and O–H groups in total. The van der Waals surface area contributed by atoms with E-state index in [-0.39, 0.29) is 17.9 Å². The molecule has 0 spiro atoms. The lowest BCUT2D eigenvalue weighted by atomic mass is 10.1. The summed E-state index contributed by atoms with van der Waals surface area (Å²) in [4.78, 5) is 26.2. The maximum Gasteiger partial charge on any atom is 0.254 e. The highest BCUT2D eigenvalue weighted by Gasteiger charge is 2.38. The van der Waals surface area contributed by atoms with Crippen LogP contribution >= 0.6 is 11.6 Å². The van der Waals surface area contributed by atoms with Gasteiger partial charge in [-0.3, -0.25) is 9.59 Å². The molecule has 2 aromatic rings. The van der Waals surface area contributed by atoms with E-state index in [0.717, 1.165) is 17.0 Å². The third-order valence-electron chi connectivity index (χ3n) is 4.12. The molecule has 0 saturated carbocycles. The van der Waals surface area contributed by atoms with Crippen LogP contribution in [0.25, 0.3) is 0 Å². The Bertz CT molecular complexity index is 851. The lowest BCUT2D eigenvalue weighted by Gasteiger charge is -2.21. The predicted molar refractivity (Wildman–Crippen MR) is 101 cm³/mol. The van der Waals surface area contributed by atoms with Gasteiger partial charge in [-0.05, 0) is 38.1 Å². The first kappa shape index (κ1) is 18.3. The van der Waals surface area contributed by atoms with Gasteiger partial charge in [0.05, 0.1) is 12.6 Å². The summed E-state index contributed by atoms with van der Waals surface area (Å²) in [7, 11) is 0. The lowest BCUT2D eigenvalue weighted by Crippen LogP contribution is -2.36. The number of ether oxygens (including phenoxy) is 1. The molecular formula is C20H21ClN2O3. The molecule has 1 heterocycles. The first-order valence-corrected chi connectivity index (χ1v) is 8.87. The normalized spacial score (nSPS) is 16.0. The van der Waals surface area contributed by atoms with Crippen LogP contribution < -0.4 is 15.0 Å². The minimum absolute atomic E-state index is 0.0312. The van der Waals surface area contributed by atoms with Crippen molar-refractivity contribution in [1.82, 2.24) is 5.32 Å². The summed E-state index contributed by atoms with van der Waals surface area (Å²) in [6.45, 7) is 5.67. The molecule has 6 heteroatoms. The van der Waals surface area contributed by atoms with Gasteiger partial charge >= 0.3 is 0 Å². The average Bonchev–Trinajstić information content (AvgIpc) is 2.81. The molecule has 0 radical (unpaired) electrons. The van der Waals surface area contributed by atoms with Gasteiger partial charge in [-0.1, -0.05) is 29.8 Å². The summed E-state index contributed by atoms with van der Waals surface area (Å²) < 4.78 is 5.86. The Morgan fingerprint density at radius 1 is 1.27 bits per heavy atom. The first-order chi connectivity index (χ1) is 12.4. The van der Waals surface area contributed by atoms with E-state index in [9.17, 15) is 9.59 Å². The van der Waals surface area contributed by atoms with E-state index in [0.29, 0.717) is 17.1 Å². The van der Waals surface area contributed by atoms with Crippen LogP contribution in [-0.2, 0) is 16.1 Å². The smallest absolute Gasteiger partial charge is 0.254 e. The molecule has 26 heavy (non-hydrogen) atoms. The Morgan fingerprint density at radius 2 is 2.00 bits per heavy atom. The summed E-state index contributed by atoms with van der Waals surface area (Å²) in [6.07, 6.45) is 0.0312. The molecule has 1 atom stereocenters. The lowest BCUT2D eigenvalue weighted by molar-refractivity contribution is -0.126. The van der Waals surface area contributed by atoms with E-state index in [1.165, 1.54) is 6.92 Å². The van der Waals surface area contributed by atoms with Crippen molar-refractivity contribution in [2.45, 2.75) is 39.5 Å². The van der Waals surface area contributed by atoms with Gasteiger partial charge in [0.15, 0.2) is 0 Å². The van der Waals surface area contributed by atoms with Crippen LogP contribution in [0.15, 0.2) is 42.5 Å². The largest absolute Gasteiger partial charge is 0.491 e. The monoisotopic (exact) mass is 372 g/mol. The zero-order valence-electron chi connectivity index (χ0n) is 15.0. The van der Waals surface area contributed by atoms with Gasteiger partial charge in [0.1, 0.15) is 11.8 Å². The van der Waals surface area contributed by atoms with Gasteiger partial charge in [-0.2, -0.15) is 0 Å². The average molecular weight is 373 g/mol. The van der Waals surface area contributed by atoms with Gasteiger partial charge in [0.2, 0.25) is 5.91 Å². The van der Waals surface area contributed by atoms with Crippen LogP contribution in [0.2, 0.25) is 5.02 Å². The maximum absolute atomic E-state index is 13.0. The Morgan fingerprint density at radius 3 is 2.69 bits per heavy atom. The second-order valence-corrected chi connectivity index (χ2v) is 6.97. The van der Waals surface area contributed by atoms with Crippen LogP contribution in [0.4, 0.5) is 5.69 Å². The molecule has 3 rings (SSSR count). The van der Waals surface area contributed by atoms with Crippen molar-refractivity contribution >= 4 is 29.1 Å². The van der Waals surface area contributed by atoms with Crippen molar-refractivity contribution in [3.8, 4) is 5.75 Å². The number of amides is 2. The Kier molecular flexibility index (Phi) is 5.18. The zero-order chi connectivity index (χ0) is 18.8. The number of carbonyl (C=O) groups is 2. The zero-order valence-corrected chi connectivity index (χ0v) is 15.7. The van der Waals surface area contributed by atoms with Gasteiger partial charge in [-0.15, -0.1) is 0 Å². The van der Waals surface area contributed by atoms with Crippen molar-refractivity contribution in [3.05, 3.63) is 58.6 Å². The molecule has 1 aliphatic heterocycles. The van der Waals surface area contributed by atoms with Crippen molar-refractivity contribution in [2.24, 2.45) is 0 Å². The Labute approximate surface area is 157 Å². The van der Waals surface area contributed by atoms with Crippen LogP contribution in [0.3, 0.4) is 0 Å². The van der Waals surface area contributed by atoms with E-state index < -0.39 is 6.04 Å². The number of hydrogen-bond donors (Lipinski definition) is 1. The van der Waals surface area contributed by atoms with E-state index in [1.54, 1.807) is 17.0 Å². The number of carbonyl (C=O) groups excluding carboxylic acids is 2. The molecule has 0 aromatic heterocycles. The summed E-state index contributed by atoms with van der Waals surface area (Å²) >= 11 is 6.10. The Balaban J connectivity index is 1.97. The predicted octanol–water partition coefficient (Wildman–Crippen LogP) is 3.85. The summed E-state index contributed by atoms with van der Waals surface area (Å²) in [5, 5.41) is 3.24. The number of anilines is 1. The summed E-state index contributed by atoms with van der Waals surface area (Å²) in [5.74, 6) is 0.297. The number of hydrogen-bond acceptors (Lipinski definition) is 3. The number of halogens is 1. The number of nitrogens with zero attached hydrogens (tertiary/aromatic N) is 1. The molecule has 1 unspecified atom stereocenters. The standard InChI is InChI=1S/C20H21ClN2O3/c1-12(2)26-18-7-5-4-6-14(18)11-23-17-9-8-15(21)10-16(17)19(20(23)25)22-13(3)24/h4-10,12,19H,11H2,1-3H3,(H,22,24). The molecule has 0 aliphatic carbocycles. The fraction of sp³-hybridized carbons (Fsp3) is 0.300. The Hall–Kier alpha value is -2.53. The van der Waals surface area contributed by atoms with Crippen LogP contribution in [0, 0.1) is 0 Å². The number of rotatable bonds is 5. The van der Waals surface area contributed by atoms with E-state index in [2.05, 4.69) is 5.32 Å². The third-order valence-corrected chi connectivity index (χ3v) is 4.35. The summed E-state index contributed by atoms with van der Waals surface area (Å²) in [6, 6.07) is 12.2. The van der Waals surface area contributed by atoms with Crippen LogP contribution in [-0.4, -0.2) is 17.9 Å². The van der Waals surface area contributed by atoms with Crippen molar-refractivity contribution in [2.75, 3.05) is 4.90 Å². The number of benzene rings is 2. The molecule has 0 fully saturated rings. The van der Waals surface area contributed by atoms with Crippen molar-refractivity contribution in [1.29, 1.82) is 0 Å². The SMILES string of the molecule is CC(=O)NC1C(=O)N(Cc2ccccc2OC(C)C)c2ccc(Cl)cc21. The molecule has 0 bridgehead atoms. The van der Waals surface area contributed by atoms with Crippen molar-refractivity contribution in [3.63, 3.8) is 0 Å². The minimum Gasteiger partial charge on any atom is -0.491 e. The molecule has 136 valence electrons. The highest BCUT2D eigenvalue weighted by molar-refractivity contribution is 6.31. The highest BCUT2D eigenvalue weighted by atomic mass is 35.5. The van der Waals surface area contributed by atoms with Gasteiger partial charge in [-0.25, -0.2) is 0 Å². The fourth-order valence-corrected chi connectivity index (χ4v) is 3.27. The molecule has 1 aliphatic rings. The molecule has 5 nitrogen and oxygen atoms in total. The number of nitrogens with one attached hydrogen (secondary N) is 1.